The largest absolute Gasteiger partial charge is 0.463 e. The van der Waals surface area contributed by atoms with Crippen LogP contribution in [-0.4, -0.2) is 41.9 Å². The van der Waals surface area contributed by atoms with Gasteiger partial charge in [-0.05, 0) is 50.3 Å². The fraction of sp³-hybridized carbons (Fsp3) is 0.464. The Bertz CT molecular complexity index is 1050. The molecule has 4 rings (SSSR count). The van der Waals surface area contributed by atoms with E-state index in [2.05, 4.69) is 11.9 Å². The summed E-state index contributed by atoms with van der Waals surface area (Å²) in [6.07, 6.45) is 11.9. The highest BCUT2D eigenvalue weighted by Gasteiger charge is 2.33. The molecule has 1 aliphatic carbocycles. The number of anilines is 1. The van der Waals surface area contributed by atoms with Crippen LogP contribution in [0.2, 0.25) is 0 Å². The molecule has 1 saturated carbocycles. The van der Waals surface area contributed by atoms with Gasteiger partial charge in [0.2, 0.25) is 0 Å². The van der Waals surface area contributed by atoms with Crippen LogP contribution in [0, 0.1) is 0 Å². The molecule has 0 aromatic heterocycles. The lowest BCUT2D eigenvalue weighted by atomic mass is 9.92. The molecule has 2 aromatic carbocycles. The third-order valence-electron chi connectivity index (χ3n) is 6.89. The topological polar surface area (TPSA) is 75.7 Å². The van der Waals surface area contributed by atoms with Crippen molar-refractivity contribution < 1.29 is 19.1 Å². The zero-order valence-electron chi connectivity index (χ0n) is 19.8. The fourth-order valence-corrected chi connectivity index (χ4v) is 5.08. The summed E-state index contributed by atoms with van der Waals surface area (Å²) in [5.74, 6) is -0.900. The van der Waals surface area contributed by atoms with E-state index >= 15 is 0 Å². The Kier molecular flexibility index (Phi) is 7.99. The Morgan fingerprint density at radius 3 is 2.41 bits per heavy atom. The van der Waals surface area contributed by atoms with Gasteiger partial charge >= 0.3 is 5.97 Å². The van der Waals surface area contributed by atoms with E-state index in [4.69, 9.17) is 4.74 Å². The quantitative estimate of drug-likeness (QED) is 0.219. The number of hydrogen-bond donors (Lipinski definition) is 1. The molecule has 1 fully saturated rings. The number of benzene rings is 2. The van der Waals surface area contributed by atoms with E-state index in [9.17, 15) is 14.4 Å². The van der Waals surface area contributed by atoms with Gasteiger partial charge in [0.1, 0.15) is 0 Å². The maximum Gasteiger partial charge on any atom is 0.330 e. The molecule has 1 N–H and O–H groups in total. The number of hydrogen-bond acceptors (Lipinski definition) is 5. The van der Waals surface area contributed by atoms with Gasteiger partial charge in [0, 0.05) is 46.2 Å². The normalized spacial score (nSPS) is 16.8. The summed E-state index contributed by atoms with van der Waals surface area (Å²) >= 11 is 0. The van der Waals surface area contributed by atoms with Crippen molar-refractivity contribution in [3.63, 3.8) is 0 Å². The number of rotatable bonds is 9. The number of nitrogens with zero attached hydrogens (tertiary/aromatic N) is 1. The van der Waals surface area contributed by atoms with Crippen molar-refractivity contribution in [2.24, 2.45) is 0 Å². The fourth-order valence-electron chi connectivity index (χ4n) is 5.08. The summed E-state index contributed by atoms with van der Waals surface area (Å²) in [5, 5.41) is 5.43. The minimum Gasteiger partial charge on any atom is -0.463 e. The van der Waals surface area contributed by atoms with E-state index in [1.165, 1.54) is 37.0 Å². The van der Waals surface area contributed by atoms with Crippen molar-refractivity contribution in [2.45, 2.75) is 70.3 Å². The lowest BCUT2D eigenvalue weighted by Crippen LogP contribution is -2.41. The monoisotopic (exact) mass is 462 g/mol. The zero-order valence-corrected chi connectivity index (χ0v) is 19.8. The summed E-state index contributed by atoms with van der Waals surface area (Å²) in [4.78, 5) is 39.0. The molecule has 180 valence electrons. The highest BCUT2D eigenvalue weighted by Crippen LogP contribution is 2.35. The molecule has 0 radical (unpaired) electrons. The Labute approximate surface area is 201 Å². The third kappa shape index (κ3) is 5.32. The summed E-state index contributed by atoms with van der Waals surface area (Å²) in [6.45, 7) is 4.03. The molecule has 6 heteroatoms. The molecule has 2 aliphatic rings. The van der Waals surface area contributed by atoms with E-state index in [1.54, 1.807) is 0 Å². The standard InChI is InChI=1S/C28H34N2O4/c1-2-25(31)34-19-10-6-9-18-30-27(32)22-15-11-14-21-24(17-16-23(26(21)22)28(30)33)29-20-12-7-4-3-5-8-13-20/h2,11,14-17,20,29H,1,3-10,12-13,18-19H2. The number of unbranched alkanes of at least 4 members (excludes halogenated alkanes) is 2. The number of amides is 2. The average molecular weight is 463 g/mol. The minimum absolute atomic E-state index is 0.232. The van der Waals surface area contributed by atoms with Gasteiger partial charge in [0.25, 0.3) is 11.8 Å². The lowest BCUT2D eigenvalue weighted by molar-refractivity contribution is -0.137. The number of carbonyl (C=O) groups excluding carboxylic acids is 3. The number of imide groups is 1. The van der Waals surface area contributed by atoms with Crippen molar-refractivity contribution in [3.8, 4) is 0 Å². The van der Waals surface area contributed by atoms with Crippen molar-refractivity contribution in [3.05, 3.63) is 54.1 Å². The minimum atomic E-state index is -0.436. The number of carbonyl (C=O) groups is 3. The highest BCUT2D eigenvalue weighted by molar-refractivity contribution is 6.26. The second kappa shape index (κ2) is 11.3. The van der Waals surface area contributed by atoms with Crippen LogP contribution in [-0.2, 0) is 9.53 Å². The van der Waals surface area contributed by atoms with Gasteiger partial charge in [-0.3, -0.25) is 14.5 Å². The maximum absolute atomic E-state index is 13.3. The van der Waals surface area contributed by atoms with Crippen LogP contribution in [0.4, 0.5) is 5.69 Å². The van der Waals surface area contributed by atoms with Crippen molar-refractivity contribution >= 4 is 34.2 Å². The first kappa shape index (κ1) is 24.0. The summed E-state index contributed by atoms with van der Waals surface area (Å²) in [5.41, 5.74) is 2.19. The second-order valence-electron chi connectivity index (χ2n) is 9.27. The molecular weight excluding hydrogens is 428 g/mol. The van der Waals surface area contributed by atoms with E-state index in [1.807, 2.05) is 30.3 Å². The highest BCUT2D eigenvalue weighted by atomic mass is 16.5. The van der Waals surface area contributed by atoms with Gasteiger partial charge in [0.05, 0.1) is 6.61 Å². The Morgan fingerprint density at radius 2 is 1.68 bits per heavy atom. The lowest BCUT2D eigenvalue weighted by Gasteiger charge is -2.29. The van der Waals surface area contributed by atoms with Crippen LogP contribution in [0.3, 0.4) is 0 Å². The van der Waals surface area contributed by atoms with Gasteiger partial charge in [-0.2, -0.15) is 0 Å². The van der Waals surface area contributed by atoms with Crippen molar-refractivity contribution in [2.75, 3.05) is 18.5 Å². The zero-order chi connectivity index (χ0) is 23.9. The third-order valence-corrected chi connectivity index (χ3v) is 6.89. The number of ether oxygens (including phenoxy) is 1. The smallest absolute Gasteiger partial charge is 0.330 e. The SMILES string of the molecule is C=CC(=O)OCCCCCN1C(=O)c2cccc3c(NC4CCCCCCC4)ccc(c23)C1=O. The predicted molar refractivity (Wildman–Crippen MR) is 134 cm³/mol. The maximum atomic E-state index is 13.3. The van der Waals surface area contributed by atoms with Gasteiger partial charge in [-0.25, -0.2) is 4.79 Å². The molecular formula is C28H34N2O4. The summed E-state index contributed by atoms with van der Waals surface area (Å²) < 4.78 is 4.98. The van der Waals surface area contributed by atoms with Crippen LogP contribution < -0.4 is 5.32 Å². The van der Waals surface area contributed by atoms with Crippen molar-refractivity contribution in [1.82, 2.24) is 4.90 Å². The summed E-state index contributed by atoms with van der Waals surface area (Å²) in [7, 11) is 0. The molecule has 1 aliphatic heterocycles. The van der Waals surface area contributed by atoms with Crippen LogP contribution in [0.5, 0.6) is 0 Å². The van der Waals surface area contributed by atoms with Gasteiger partial charge in [-0.15, -0.1) is 0 Å². The first-order valence-electron chi connectivity index (χ1n) is 12.6. The molecule has 2 amide bonds. The second-order valence-corrected chi connectivity index (χ2v) is 9.27. The van der Waals surface area contributed by atoms with Gasteiger partial charge in [0.15, 0.2) is 0 Å². The molecule has 34 heavy (non-hydrogen) atoms. The van der Waals surface area contributed by atoms with Crippen LogP contribution in [0.25, 0.3) is 10.8 Å². The molecule has 0 unspecified atom stereocenters. The molecule has 0 atom stereocenters. The number of esters is 1. The van der Waals surface area contributed by atoms with E-state index in [0.29, 0.717) is 43.2 Å². The average Bonchev–Trinajstić information content (AvgIpc) is 2.83. The molecule has 2 aromatic rings. The van der Waals surface area contributed by atoms with Gasteiger partial charge in [-0.1, -0.05) is 50.8 Å². The summed E-state index contributed by atoms with van der Waals surface area (Å²) in [6, 6.07) is 10.0. The molecule has 0 bridgehead atoms. The number of nitrogens with one attached hydrogen (secondary N) is 1. The van der Waals surface area contributed by atoms with Gasteiger partial charge < -0.3 is 10.1 Å². The molecule has 1 heterocycles. The van der Waals surface area contributed by atoms with E-state index < -0.39 is 5.97 Å². The molecule has 6 nitrogen and oxygen atoms in total. The Balaban J connectivity index is 1.47. The Hall–Kier alpha value is -3.15. The first-order valence-corrected chi connectivity index (χ1v) is 12.6. The predicted octanol–water partition coefficient (Wildman–Crippen LogP) is 5.86. The first-order chi connectivity index (χ1) is 16.6. The molecule has 0 spiro atoms. The molecule has 0 saturated heterocycles. The van der Waals surface area contributed by atoms with Crippen LogP contribution >= 0.6 is 0 Å². The van der Waals surface area contributed by atoms with E-state index in [0.717, 1.165) is 41.8 Å². The Morgan fingerprint density at radius 1 is 0.971 bits per heavy atom. The van der Waals surface area contributed by atoms with Crippen LogP contribution in [0.1, 0.15) is 84.9 Å². The van der Waals surface area contributed by atoms with Crippen molar-refractivity contribution in [1.29, 1.82) is 0 Å². The van der Waals surface area contributed by atoms with Crippen LogP contribution in [0.15, 0.2) is 43.0 Å². The van der Waals surface area contributed by atoms with E-state index in [-0.39, 0.29) is 11.8 Å².